The molecule has 0 saturated carbocycles. The van der Waals surface area contributed by atoms with Gasteiger partial charge in [-0.3, -0.25) is 4.99 Å². The van der Waals surface area contributed by atoms with Crippen molar-refractivity contribution in [1.29, 1.82) is 0 Å². The van der Waals surface area contributed by atoms with Crippen molar-refractivity contribution in [1.82, 2.24) is 9.97 Å². The first kappa shape index (κ1) is 18.4. The zero-order valence-electron chi connectivity index (χ0n) is 16.0. The number of aromatic hydroxyl groups is 1. The summed E-state index contributed by atoms with van der Waals surface area (Å²) in [6, 6.07) is 18.0. The Kier molecular flexibility index (Phi) is 4.83. The van der Waals surface area contributed by atoms with Crippen LogP contribution < -0.4 is 0 Å². The van der Waals surface area contributed by atoms with Crippen LogP contribution in [0.15, 0.2) is 65.7 Å². The number of aliphatic imine (C=N–C) groups is 1. The average Bonchev–Trinajstić information content (AvgIpc) is 3.16. The number of ether oxygens (including phenoxy) is 1. The number of rotatable bonds is 4. The van der Waals surface area contributed by atoms with Gasteiger partial charge < -0.3 is 14.8 Å². The lowest BCUT2D eigenvalue weighted by Crippen LogP contribution is -2.00. The van der Waals surface area contributed by atoms with Crippen molar-refractivity contribution in [3.8, 4) is 17.1 Å². The first-order valence-corrected chi connectivity index (χ1v) is 9.06. The van der Waals surface area contributed by atoms with E-state index >= 15 is 0 Å². The molecule has 0 unspecified atom stereocenters. The van der Waals surface area contributed by atoms with Crippen LogP contribution in [0.5, 0.6) is 5.75 Å². The molecule has 29 heavy (non-hydrogen) atoms. The van der Waals surface area contributed by atoms with Crippen LogP contribution in [0.3, 0.4) is 0 Å². The van der Waals surface area contributed by atoms with Gasteiger partial charge in [0.05, 0.1) is 35.0 Å². The summed E-state index contributed by atoms with van der Waals surface area (Å²) in [6.07, 6.45) is 1.69. The van der Waals surface area contributed by atoms with Crippen molar-refractivity contribution in [2.45, 2.75) is 6.92 Å². The van der Waals surface area contributed by atoms with E-state index in [0.717, 1.165) is 22.2 Å². The highest BCUT2D eigenvalue weighted by Crippen LogP contribution is 2.32. The number of nitrogens with zero attached hydrogens (tertiary/aromatic N) is 2. The first-order valence-electron chi connectivity index (χ1n) is 9.06. The van der Waals surface area contributed by atoms with Crippen molar-refractivity contribution < 1.29 is 14.6 Å². The maximum atomic E-state index is 11.5. The van der Waals surface area contributed by atoms with E-state index in [2.05, 4.69) is 15.0 Å². The minimum absolute atomic E-state index is 0.127. The van der Waals surface area contributed by atoms with Gasteiger partial charge in [-0.15, -0.1) is 0 Å². The molecular formula is C23H19N3O3. The second-order valence-electron chi connectivity index (χ2n) is 6.68. The summed E-state index contributed by atoms with van der Waals surface area (Å²) in [6.45, 7) is 2.02. The van der Waals surface area contributed by atoms with E-state index < -0.39 is 0 Å². The Hall–Kier alpha value is -3.93. The molecule has 1 heterocycles. The Morgan fingerprint density at radius 1 is 1.10 bits per heavy atom. The number of phenolic OH excluding ortho intramolecular Hbond substituents is 1. The van der Waals surface area contributed by atoms with E-state index in [9.17, 15) is 9.90 Å². The lowest BCUT2D eigenvalue weighted by atomic mass is 10.1. The van der Waals surface area contributed by atoms with Gasteiger partial charge in [-0.2, -0.15) is 0 Å². The number of hydrogen-bond acceptors (Lipinski definition) is 5. The van der Waals surface area contributed by atoms with E-state index in [1.165, 1.54) is 7.11 Å². The number of methoxy groups -OCH3 is 1. The number of H-pyrrole nitrogens is 1. The van der Waals surface area contributed by atoms with Crippen LogP contribution in [0, 0.1) is 6.92 Å². The van der Waals surface area contributed by atoms with Gasteiger partial charge in [0.1, 0.15) is 11.6 Å². The number of aryl methyl sites for hydroxylation is 1. The number of carbonyl (C=O) groups is 1. The minimum atomic E-state index is -0.377. The number of imidazole rings is 1. The van der Waals surface area contributed by atoms with Gasteiger partial charge in [0.25, 0.3) is 0 Å². The van der Waals surface area contributed by atoms with Gasteiger partial charge in [0.2, 0.25) is 0 Å². The molecule has 0 bridgehead atoms. The standard InChI is InChI=1S/C23H19N3O3/c1-14-3-9-19-20(11-14)26-22(25-19)18-12-17(8-10-21(18)27)24-13-15-4-6-16(7-5-15)23(28)29-2/h3-13,27H,1-2H3,(H,25,26). The monoisotopic (exact) mass is 385 g/mol. The molecule has 0 radical (unpaired) electrons. The van der Waals surface area contributed by atoms with Gasteiger partial charge in [-0.05, 0) is 60.5 Å². The topological polar surface area (TPSA) is 87.6 Å². The number of fused-ring (bicyclic) bond motifs is 1. The number of aromatic nitrogens is 2. The molecule has 0 aliphatic heterocycles. The summed E-state index contributed by atoms with van der Waals surface area (Å²) in [5.41, 5.74) is 5.46. The fourth-order valence-corrected chi connectivity index (χ4v) is 3.02. The molecule has 0 aliphatic carbocycles. The lowest BCUT2D eigenvalue weighted by Gasteiger charge is -2.03. The Morgan fingerprint density at radius 3 is 2.66 bits per heavy atom. The minimum Gasteiger partial charge on any atom is -0.507 e. The predicted octanol–water partition coefficient (Wildman–Crippen LogP) is 4.78. The number of aromatic amines is 1. The SMILES string of the molecule is COC(=O)c1ccc(C=Nc2ccc(O)c(-c3nc4ccc(C)cc4[nH]3)c2)cc1. The fourth-order valence-electron chi connectivity index (χ4n) is 3.02. The molecule has 0 fully saturated rings. The van der Waals surface area contributed by atoms with E-state index in [1.807, 2.05) is 25.1 Å². The molecule has 4 rings (SSSR count). The third-order valence-corrected chi connectivity index (χ3v) is 4.57. The number of hydrogen-bond donors (Lipinski definition) is 2. The molecule has 0 saturated heterocycles. The van der Waals surface area contributed by atoms with Crippen LogP contribution >= 0.6 is 0 Å². The van der Waals surface area contributed by atoms with Gasteiger partial charge in [-0.1, -0.05) is 18.2 Å². The molecule has 0 spiro atoms. The number of phenols is 1. The largest absolute Gasteiger partial charge is 0.507 e. The smallest absolute Gasteiger partial charge is 0.337 e. The molecule has 1 aromatic heterocycles. The van der Waals surface area contributed by atoms with Crippen molar-refractivity contribution in [3.05, 3.63) is 77.4 Å². The second-order valence-corrected chi connectivity index (χ2v) is 6.68. The van der Waals surface area contributed by atoms with Crippen molar-refractivity contribution >= 4 is 28.9 Å². The first-order chi connectivity index (χ1) is 14.0. The zero-order valence-corrected chi connectivity index (χ0v) is 16.0. The van der Waals surface area contributed by atoms with Crippen LogP contribution in [-0.4, -0.2) is 34.4 Å². The third-order valence-electron chi connectivity index (χ3n) is 4.57. The molecule has 4 aromatic rings. The van der Waals surface area contributed by atoms with Crippen molar-refractivity contribution in [3.63, 3.8) is 0 Å². The highest BCUT2D eigenvalue weighted by molar-refractivity contribution is 5.91. The third kappa shape index (κ3) is 3.87. The second kappa shape index (κ2) is 7.59. The number of benzene rings is 3. The molecule has 144 valence electrons. The van der Waals surface area contributed by atoms with Crippen molar-refractivity contribution in [2.24, 2.45) is 4.99 Å². The number of carbonyl (C=O) groups excluding carboxylic acids is 1. The van der Waals surface area contributed by atoms with Gasteiger partial charge in [-0.25, -0.2) is 9.78 Å². The number of esters is 1. The molecule has 0 aliphatic rings. The highest BCUT2D eigenvalue weighted by Gasteiger charge is 2.11. The summed E-state index contributed by atoms with van der Waals surface area (Å²) in [5.74, 6) is 0.336. The molecular weight excluding hydrogens is 366 g/mol. The molecule has 2 N–H and O–H groups in total. The summed E-state index contributed by atoms with van der Waals surface area (Å²) < 4.78 is 4.69. The Morgan fingerprint density at radius 2 is 1.90 bits per heavy atom. The maximum absolute atomic E-state index is 11.5. The molecule has 3 aromatic carbocycles. The maximum Gasteiger partial charge on any atom is 0.337 e. The van der Waals surface area contributed by atoms with E-state index in [0.29, 0.717) is 22.6 Å². The van der Waals surface area contributed by atoms with Gasteiger partial charge >= 0.3 is 5.97 Å². The van der Waals surface area contributed by atoms with Crippen LogP contribution in [0.1, 0.15) is 21.5 Å². The van der Waals surface area contributed by atoms with Crippen molar-refractivity contribution in [2.75, 3.05) is 7.11 Å². The Labute approximate surface area is 167 Å². The summed E-state index contributed by atoms with van der Waals surface area (Å²) in [7, 11) is 1.35. The van der Waals surface area contributed by atoms with Crippen LogP contribution in [0.25, 0.3) is 22.4 Å². The molecule has 6 nitrogen and oxygen atoms in total. The summed E-state index contributed by atoms with van der Waals surface area (Å²) >= 11 is 0. The van der Waals surface area contributed by atoms with Crippen LogP contribution in [0.4, 0.5) is 5.69 Å². The van der Waals surface area contributed by atoms with E-state index in [-0.39, 0.29) is 11.7 Å². The highest BCUT2D eigenvalue weighted by atomic mass is 16.5. The van der Waals surface area contributed by atoms with Gasteiger partial charge in [0, 0.05) is 6.21 Å². The zero-order chi connectivity index (χ0) is 20.4. The molecule has 6 heteroatoms. The average molecular weight is 385 g/mol. The Balaban J connectivity index is 1.62. The predicted molar refractivity (Wildman–Crippen MR) is 113 cm³/mol. The normalized spacial score (nSPS) is 11.2. The van der Waals surface area contributed by atoms with E-state index in [1.54, 1.807) is 48.7 Å². The molecule has 0 atom stereocenters. The summed E-state index contributed by atoms with van der Waals surface area (Å²) in [4.78, 5) is 23.8. The van der Waals surface area contributed by atoms with E-state index in [4.69, 9.17) is 4.74 Å². The number of nitrogens with one attached hydrogen (secondary N) is 1. The molecule has 0 amide bonds. The van der Waals surface area contributed by atoms with Gasteiger partial charge in [0.15, 0.2) is 0 Å². The van der Waals surface area contributed by atoms with Crippen LogP contribution in [-0.2, 0) is 4.74 Å². The van der Waals surface area contributed by atoms with Crippen LogP contribution in [0.2, 0.25) is 0 Å². The quantitative estimate of drug-likeness (QED) is 0.391. The summed E-state index contributed by atoms with van der Waals surface area (Å²) in [5, 5.41) is 10.3. The lowest BCUT2D eigenvalue weighted by molar-refractivity contribution is 0.0600. The fraction of sp³-hybridized carbons (Fsp3) is 0.0870. The Bertz CT molecular complexity index is 1220.